The van der Waals surface area contributed by atoms with Crippen molar-refractivity contribution >= 4 is 23.8 Å². The van der Waals surface area contributed by atoms with E-state index in [9.17, 15) is 9.59 Å². The summed E-state index contributed by atoms with van der Waals surface area (Å²) in [6, 6.07) is 10.1. The molecule has 0 aromatic heterocycles. The summed E-state index contributed by atoms with van der Waals surface area (Å²) >= 11 is 1.79. The second-order valence-electron chi connectivity index (χ2n) is 11.1. The highest BCUT2D eigenvalue weighted by molar-refractivity contribution is 7.99. The Bertz CT molecular complexity index is 767. The summed E-state index contributed by atoms with van der Waals surface area (Å²) in [6.07, 6.45) is 9.20. The number of hydrogen-bond donors (Lipinski definition) is 2. The largest absolute Gasteiger partial charge is 0.444 e. The maximum atomic E-state index is 13.2. The second kappa shape index (κ2) is 14.1. The Morgan fingerprint density at radius 3 is 2.31 bits per heavy atom. The van der Waals surface area contributed by atoms with E-state index in [4.69, 9.17) is 4.74 Å². The molecule has 3 rings (SSSR count). The van der Waals surface area contributed by atoms with E-state index in [1.165, 1.54) is 44.1 Å². The van der Waals surface area contributed by atoms with Crippen molar-refractivity contribution in [1.29, 1.82) is 0 Å². The van der Waals surface area contributed by atoms with Gasteiger partial charge in [0, 0.05) is 31.4 Å². The van der Waals surface area contributed by atoms with Crippen molar-refractivity contribution in [1.82, 2.24) is 15.5 Å². The van der Waals surface area contributed by atoms with Gasteiger partial charge in [-0.2, -0.15) is 11.8 Å². The molecular formula is C28H45N3O3S. The van der Waals surface area contributed by atoms with Gasteiger partial charge < -0.3 is 15.4 Å². The van der Waals surface area contributed by atoms with Gasteiger partial charge in [0.15, 0.2) is 0 Å². The minimum Gasteiger partial charge on any atom is -0.444 e. The van der Waals surface area contributed by atoms with Crippen LogP contribution in [-0.4, -0.2) is 59.2 Å². The Kier molecular flexibility index (Phi) is 11.2. The molecule has 2 N–H and O–H groups in total. The van der Waals surface area contributed by atoms with Crippen molar-refractivity contribution in [2.45, 2.75) is 96.4 Å². The van der Waals surface area contributed by atoms with Gasteiger partial charge >= 0.3 is 6.09 Å². The average molecular weight is 504 g/mol. The molecule has 1 aromatic carbocycles. The smallest absolute Gasteiger partial charge is 0.408 e. The molecule has 1 saturated carbocycles. The van der Waals surface area contributed by atoms with Crippen molar-refractivity contribution in [3.05, 3.63) is 35.9 Å². The highest BCUT2D eigenvalue weighted by Crippen LogP contribution is 2.26. The lowest BCUT2D eigenvalue weighted by Gasteiger charge is -2.33. The molecule has 1 saturated heterocycles. The monoisotopic (exact) mass is 503 g/mol. The van der Waals surface area contributed by atoms with Crippen LogP contribution in [0.1, 0.15) is 77.7 Å². The van der Waals surface area contributed by atoms with Crippen LogP contribution in [-0.2, 0) is 16.1 Å². The van der Waals surface area contributed by atoms with Gasteiger partial charge in [-0.3, -0.25) is 9.69 Å². The van der Waals surface area contributed by atoms with E-state index >= 15 is 0 Å². The van der Waals surface area contributed by atoms with Gasteiger partial charge in [-0.1, -0.05) is 56.0 Å². The van der Waals surface area contributed by atoms with E-state index in [-0.39, 0.29) is 11.9 Å². The van der Waals surface area contributed by atoms with Gasteiger partial charge in [-0.25, -0.2) is 4.79 Å². The topological polar surface area (TPSA) is 70.7 Å². The third kappa shape index (κ3) is 10.8. The minimum absolute atomic E-state index is 0.0919. The fraction of sp³-hybridized carbons (Fsp3) is 0.714. The van der Waals surface area contributed by atoms with Gasteiger partial charge in [0.25, 0.3) is 0 Å². The standard InChI is InChI=1S/C28H45N3O3S/c1-28(2,3)34-27(33)30-25(21-35-20-23-13-7-4-5-8-14-23)26(32)29-24-15-17-31(18-16-24)19-22-11-9-6-10-12-22/h6,9-12,23-25H,4-5,7-8,13-21H2,1-3H3,(H,29,32)(H,30,33). The Hall–Kier alpha value is -1.73. The van der Waals surface area contributed by atoms with Crippen LogP contribution < -0.4 is 10.6 Å². The number of nitrogens with one attached hydrogen (secondary N) is 2. The van der Waals surface area contributed by atoms with E-state index in [1.54, 1.807) is 11.8 Å². The number of rotatable bonds is 9. The summed E-state index contributed by atoms with van der Waals surface area (Å²) in [7, 11) is 0. The van der Waals surface area contributed by atoms with Crippen molar-refractivity contribution in [2.24, 2.45) is 5.92 Å². The number of carbonyl (C=O) groups excluding carboxylic acids is 2. The summed E-state index contributed by atoms with van der Waals surface area (Å²) in [6.45, 7) is 8.38. The second-order valence-corrected chi connectivity index (χ2v) is 12.2. The minimum atomic E-state index is -0.593. The first-order valence-electron chi connectivity index (χ1n) is 13.4. The number of piperidine rings is 1. The lowest BCUT2D eigenvalue weighted by Crippen LogP contribution is -2.53. The molecule has 2 amide bonds. The van der Waals surface area contributed by atoms with Crippen LogP contribution in [0.2, 0.25) is 0 Å². The van der Waals surface area contributed by atoms with Gasteiger partial charge in [-0.15, -0.1) is 0 Å². The zero-order valence-electron chi connectivity index (χ0n) is 21.9. The molecule has 1 atom stereocenters. The highest BCUT2D eigenvalue weighted by atomic mass is 32.2. The van der Waals surface area contributed by atoms with E-state index in [0.717, 1.165) is 44.1 Å². The first kappa shape index (κ1) is 27.9. The summed E-state index contributed by atoms with van der Waals surface area (Å²) in [4.78, 5) is 28.1. The van der Waals surface area contributed by atoms with Crippen LogP contribution in [0.25, 0.3) is 0 Å². The molecule has 1 heterocycles. The maximum Gasteiger partial charge on any atom is 0.408 e. The molecule has 1 aromatic rings. The lowest BCUT2D eigenvalue weighted by atomic mass is 10.0. The third-order valence-electron chi connectivity index (χ3n) is 6.80. The van der Waals surface area contributed by atoms with Crippen LogP contribution >= 0.6 is 11.8 Å². The maximum absolute atomic E-state index is 13.2. The van der Waals surface area contributed by atoms with Gasteiger partial charge in [0.1, 0.15) is 11.6 Å². The molecule has 35 heavy (non-hydrogen) atoms. The number of alkyl carbamates (subject to hydrolysis) is 1. The van der Waals surface area contributed by atoms with Crippen molar-refractivity contribution < 1.29 is 14.3 Å². The van der Waals surface area contributed by atoms with Crippen molar-refractivity contribution in [3.63, 3.8) is 0 Å². The first-order valence-corrected chi connectivity index (χ1v) is 14.6. The molecule has 6 nitrogen and oxygen atoms in total. The van der Waals surface area contributed by atoms with Gasteiger partial charge in [0.05, 0.1) is 0 Å². The lowest BCUT2D eigenvalue weighted by molar-refractivity contribution is -0.123. The number of likely N-dealkylation sites (tertiary alicyclic amines) is 1. The molecule has 7 heteroatoms. The van der Waals surface area contributed by atoms with Gasteiger partial charge in [0.2, 0.25) is 5.91 Å². The van der Waals surface area contributed by atoms with Crippen LogP contribution in [0.15, 0.2) is 30.3 Å². The molecule has 0 spiro atoms. The van der Waals surface area contributed by atoms with E-state index < -0.39 is 17.7 Å². The average Bonchev–Trinajstić information content (AvgIpc) is 3.08. The molecule has 2 fully saturated rings. The predicted molar refractivity (Wildman–Crippen MR) is 145 cm³/mol. The summed E-state index contributed by atoms with van der Waals surface area (Å²) in [5.74, 6) is 2.26. The Balaban J connectivity index is 1.48. The molecule has 196 valence electrons. The SMILES string of the molecule is CC(C)(C)OC(=O)NC(CSCC1CCCCCC1)C(=O)NC1CCN(Cc2ccccc2)CC1. The third-order valence-corrected chi connectivity index (χ3v) is 8.08. The molecule has 0 radical (unpaired) electrons. The number of amides is 2. The number of carbonyl (C=O) groups is 2. The van der Waals surface area contributed by atoms with Crippen LogP contribution in [0.3, 0.4) is 0 Å². The summed E-state index contributed by atoms with van der Waals surface area (Å²) in [5, 5.41) is 6.07. The normalized spacial score (nSPS) is 19.5. The van der Waals surface area contributed by atoms with E-state index in [0.29, 0.717) is 5.75 Å². The molecule has 2 aliphatic rings. The summed E-state index contributed by atoms with van der Waals surface area (Å²) in [5.41, 5.74) is 0.729. The van der Waals surface area contributed by atoms with Crippen molar-refractivity contribution in [3.8, 4) is 0 Å². The summed E-state index contributed by atoms with van der Waals surface area (Å²) < 4.78 is 5.45. The molecule has 0 bridgehead atoms. The zero-order valence-corrected chi connectivity index (χ0v) is 22.7. The van der Waals surface area contributed by atoms with Crippen LogP contribution in [0.4, 0.5) is 4.79 Å². The fourth-order valence-corrected chi connectivity index (χ4v) is 6.17. The Morgan fingerprint density at radius 2 is 1.69 bits per heavy atom. The first-order chi connectivity index (χ1) is 16.8. The molecular weight excluding hydrogens is 458 g/mol. The quantitative estimate of drug-likeness (QED) is 0.444. The van der Waals surface area contributed by atoms with Crippen LogP contribution in [0, 0.1) is 5.92 Å². The molecule has 1 aliphatic carbocycles. The number of ether oxygens (including phenoxy) is 1. The predicted octanol–water partition coefficient (Wildman–Crippen LogP) is 5.36. The van der Waals surface area contributed by atoms with Gasteiger partial charge in [-0.05, 0) is 63.7 Å². The van der Waals surface area contributed by atoms with Crippen LogP contribution in [0.5, 0.6) is 0 Å². The zero-order chi connectivity index (χ0) is 25.1. The number of thioether (sulfide) groups is 1. The number of benzene rings is 1. The fourth-order valence-electron chi connectivity index (χ4n) is 4.89. The van der Waals surface area contributed by atoms with E-state index in [2.05, 4.69) is 39.8 Å². The molecule has 1 aliphatic heterocycles. The Morgan fingerprint density at radius 1 is 1.03 bits per heavy atom. The number of hydrogen-bond acceptors (Lipinski definition) is 5. The molecule has 1 unspecified atom stereocenters. The Labute approximate surface area is 216 Å². The van der Waals surface area contributed by atoms with Crippen molar-refractivity contribution in [2.75, 3.05) is 24.6 Å². The van der Waals surface area contributed by atoms with E-state index in [1.807, 2.05) is 26.8 Å². The highest BCUT2D eigenvalue weighted by Gasteiger charge is 2.28. The number of nitrogens with zero attached hydrogens (tertiary/aromatic N) is 1.